The van der Waals surface area contributed by atoms with Crippen molar-refractivity contribution in [3.8, 4) is 0 Å². The van der Waals surface area contributed by atoms with Gasteiger partial charge in [0.1, 0.15) is 11.6 Å². The van der Waals surface area contributed by atoms with Crippen molar-refractivity contribution in [3.05, 3.63) is 53.5 Å². The minimum Gasteiger partial charge on any atom is -0.354 e. The molecule has 1 aliphatic rings. The number of piperazine rings is 1. The zero-order valence-electron chi connectivity index (χ0n) is 14.4. The van der Waals surface area contributed by atoms with Crippen molar-refractivity contribution in [2.75, 3.05) is 31.1 Å². The number of alkyl halides is 3. The van der Waals surface area contributed by atoms with E-state index in [0.29, 0.717) is 11.4 Å². The van der Waals surface area contributed by atoms with E-state index in [-0.39, 0.29) is 31.1 Å². The van der Waals surface area contributed by atoms with Crippen molar-refractivity contribution in [2.24, 2.45) is 0 Å². The van der Waals surface area contributed by atoms with Crippen LogP contribution in [0.1, 0.15) is 11.1 Å². The highest BCUT2D eigenvalue weighted by Gasteiger charge is 2.32. The third-order valence-electron chi connectivity index (χ3n) is 4.42. The molecule has 2 aromatic rings. The molecular formula is C17H17F4N3O2S. The van der Waals surface area contributed by atoms with Crippen LogP contribution in [-0.2, 0) is 16.2 Å². The molecule has 0 saturated carbocycles. The van der Waals surface area contributed by atoms with Gasteiger partial charge in [0.25, 0.3) is 0 Å². The number of nitrogens with zero attached hydrogens (tertiary/aromatic N) is 3. The molecule has 0 atom stereocenters. The molecule has 0 N–H and O–H groups in total. The predicted octanol–water partition coefficient (Wildman–Crippen LogP) is 3.06. The number of aromatic nitrogens is 1. The van der Waals surface area contributed by atoms with Gasteiger partial charge in [0, 0.05) is 32.4 Å². The molecule has 1 saturated heterocycles. The summed E-state index contributed by atoms with van der Waals surface area (Å²) in [5.74, 6) is -0.245. The van der Waals surface area contributed by atoms with Crippen LogP contribution in [-0.4, -0.2) is 43.9 Å². The normalized spacial score (nSPS) is 16.6. The highest BCUT2D eigenvalue weighted by atomic mass is 32.2. The van der Waals surface area contributed by atoms with Crippen molar-refractivity contribution in [1.29, 1.82) is 0 Å². The Bertz CT molecular complexity index is 922. The monoisotopic (exact) mass is 403 g/mol. The lowest BCUT2D eigenvalue weighted by atomic mass is 10.2. The highest BCUT2D eigenvalue weighted by molar-refractivity contribution is 7.89. The summed E-state index contributed by atoms with van der Waals surface area (Å²) in [5.41, 5.74) is -0.485. The second-order valence-electron chi connectivity index (χ2n) is 6.20. The molecular weight excluding hydrogens is 386 g/mol. The molecule has 2 heterocycles. The van der Waals surface area contributed by atoms with Crippen molar-refractivity contribution in [2.45, 2.75) is 18.0 Å². The fourth-order valence-electron chi connectivity index (χ4n) is 2.78. The second kappa shape index (κ2) is 7.08. The number of hydrogen-bond donors (Lipinski definition) is 0. The highest BCUT2D eigenvalue weighted by Crippen LogP contribution is 2.29. The van der Waals surface area contributed by atoms with Gasteiger partial charge in [-0.25, -0.2) is 17.8 Å². The Morgan fingerprint density at radius 1 is 1.04 bits per heavy atom. The standard InChI is InChI=1S/C17H17F4N3O2S/c1-12-2-4-14(10-15(12)18)27(25,26)24-8-6-23(7-9-24)16-5-3-13(11-22-16)17(19,20)21/h2-5,10-11H,6-9H2,1H3. The maximum absolute atomic E-state index is 13.7. The number of sulfonamides is 1. The molecule has 10 heteroatoms. The largest absolute Gasteiger partial charge is 0.417 e. The first-order valence-corrected chi connectivity index (χ1v) is 9.57. The Hall–Kier alpha value is -2.20. The molecule has 0 radical (unpaired) electrons. The Kier molecular flexibility index (Phi) is 5.13. The molecule has 0 bridgehead atoms. The van der Waals surface area contributed by atoms with Gasteiger partial charge in [-0.15, -0.1) is 0 Å². The van der Waals surface area contributed by atoms with E-state index >= 15 is 0 Å². The van der Waals surface area contributed by atoms with Crippen LogP contribution >= 0.6 is 0 Å². The molecule has 1 aromatic heterocycles. The quantitative estimate of drug-likeness (QED) is 0.740. The third kappa shape index (κ3) is 4.06. The van der Waals surface area contributed by atoms with E-state index in [0.717, 1.165) is 18.3 Å². The van der Waals surface area contributed by atoms with Crippen LogP contribution in [0, 0.1) is 12.7 Å². The molecule has 1 fully saturated rings. The summed E-state index contributed by atoms with van der Waals surface area (Å²) >= 11 is 0. The summed E-state index contributed by atoms with van der Waals surface area (Å²) < 4.78 is 78.0. The summed E-state index contributed by atoms with van der Waals surface area (Å²) in [7, 11) is -3.84. The molecule has 1 aromatic carbocycles. The molecule has 146 valence electrons. The molecule has 0 unspecified atom stereocenters. The lowest BCUT2D eigenvalue weighted by Gasteiger charge is -2.34. The van der Waals surface area contributed by atoms with Crippen molar-refractivity contribution in [1.82, 2.24) is 9.29 Å². The van der Waals surface area contributed by atoms with E-state index in [1.165, 1.54) is 22.5 Å². The summed E-state index contributed by atoms with van der Waals surface area (Å²) in [4.78, 5) is 5.42. The molecule has 5 nitrogen and oxygen atoms in total. The van der Waals surface area contributed by atoms with Gasteiger partial charge < -0.3 is 4.90 Å². The molecule has 1 aliphatic heterocycles. The van der Waals surface area contributed by atoms with Gasteiger partial charge in [0.2, 0.25) is 10.0 Å². The number of pyridine rings is 1. The lowest BCUT2D eigenvalue weighted by Crippen LogP contribution is -2.48. The van der Waals surface area contributed by atoms with Crippen LogP contribution in [0.25, 0.3) is 0 Å². The number of aryl methyl sites for hydroxylation is 1. The molecule has 0 amide bonds. The summed E-state index contributed by atoms with van der Waals surface area (Å²) in [6.45, 7) is 2.33. The fraction of sp³-hybridized carbons (Fsp3) is 0.353. The Balaban J connectivity index is 1.70. The first-order chi connectivity index (χ1) is 12.6. The smallest absolute Gasteiger partial charge is 0.354 e. The van der Waals surface area contributed by atoms with E-state index in [1.807, 2.05) is 0 Å². The molecule has 0 aliphatic carbocycles. The topological polar surface area (TPSA) is 53.5 Å². The maximum atomic E-state index is 13.7. The van der Waals surface area contributed by atoms with Crippen LogP contribution in [0.2, 0.25) is 0 Å². The minimum atomic E-state index is -4.46. The molecule has 0 spiro atoms. The first kappa shape index (κ1) is 19.6. The Labute approximate surface area is 154 Å². The Morgan fingerprint density at radius 3 is 2.22 bits per heavy atom. The lowest BCUT2D eigenvalue weighted by molar-refractivity contribution is -0.137. The van der Waals surface area contributed by atoms with Crippen molar-refractivity contribution >= 4 is 15.8 Å². The average Bonchev–Trinajstić information content (AvgIpc) is 2.63. The second-order valence-corrected chi connectivity index (χ2v) is 8.14. The molecule has 3 rings (SSSR count). The number of benzene rings is 1. The summed E-state index contributed by atoms with van der Waals surface area (Å²) in [5, 5.41) is 0. The average molecular weight is 403 g/mol. The number of hydrogen-bond acceptors (Lipinski definition) is 4. The van der Waals surface area contributed by atoms with Gasteiger partial charge in [-0.05, 0) is 36.8 Å². The van der Waals surface area contributed by atoms with E-state index in [9.17, 15) is 26.0 Å². The number of rotatable bonds is 3. The summed E-state index contributed by atoms with van der Waals surface area (Å²) in [6, 6.07) is 5.97. The van der Waals surface area contributed by atoms with Gasteiger partial charge in [0.15, 0.2) is 0 Å². The fourth-order valence-corrected chi connectivity index (χ4v) is 4.22. The predicted molar refractivity (Wildman–Crippen MR) is 91.3 cm³/mol. The van der Waals surface area contributed by atoms with Gasteiger partial charge >= 0.3 is 6.18 Å². The molecule has 27 heavy (non-hydrogen) atoms. The Morgan fingerprint density at radius 2 is 1.70 bits per heavy atom. The van der Waals surface area contributed by atoms with Gasteiger partial charge in [-0.2, -0.15) is 17.5 Å². The van der Waals surface area contributed by atoms with E-state index in [4.69, 9.17) is 0 Å². The van der Waals surface area contributed by atoms with Crippen LogP contribution < -0.4 is 4.90 Å². The van der Waals surface area contributed by atoms with Crippen LogP contribution in [0.15, 0.2) is 41.4 Å². The third-order valence-corrected chi connectivity index (χ3v) is 6.31. The zero-order chi connectivity index (χ0) is 19.8. The van der Waals surface area contributed by atoms with E-state index in [1.54, 1.807) is 11.8 Å². The van der Waals surface area contributed by atoms with Gasteiger partial charge in [0.05, 0.1) is 10.5 Å². The maximum Gasteiger partial charge on any atom is 0.417 e. The SMILES string of the molecule is Cc1ccc(S(=O)(=O)N2CCN(c3ccc(C(F)(F)F)cn3)CC2)cc1F. The van der Waals surface area contributed by atoms with E-state index in [2.05, 4.69) is 4.98 Å². The van der Waals surface area contributed by atoms with Crippen molar-refractivity contribution in [3.63, 3.8) is 0 Å². The van der Waals surface area contributed by atoms with Crippen molar-refractivity contribution < 1.29 is 26.0 Å². The first-order valence-electron chi connectivity index (χ1n) is 8.13. The minimum absolute atomic E-state index is 0.119. The van der Waals surface area contributed by atoms with Crippen LogP contribution in [0.4, 0.5) is 23.4 Å². The number of anilines is 1. The zero-order valence-corrected chi connectivity index (χ0v) is 15.2. The van der Waals surface area contributed by atoms with E-state index < -0.39 is 27.6 Å². The van der Waals surface area contributed by atoms with Crippen LogP contribution in [0.5, 0.6) is 0 Å². The number of halogens is 4. The van der Waals surface area contributed by atoms with Gasteiger partial charge in [-0.1, -0.05) is 6.07 Å². The van der Waals surface area contributed by atoms with Gasteiger partial charge in [-0.3, -0.25) is 0 Å². The summed E-state index contributed by atoms with van der Waals surface area (Å²) in [6.07, 6.45) is -3.70. The van der Waals surface area contributed by atoms with Crippen LogP contribution in [0.3, 0.4) is 0 Å².